The average Bonchev–Trinajstić information content (AvgIpc) is 2.94. The fourth-order valence-corrected chi connectivity index (χ4v) is 6.61. The molecular formula is C24H33NO7. The summed E-state index contributed by atoms with van der Waals surface area (Å²) in [5.41, 5.74) is 0.00672. The lowest BCUT2D eigenvalue weighted by Crippen LogP contribution is -2.54. The van der Waals surface area contributed by atoms with Crippen LogP contribution in [-0.4, -0.2) is 54.2 Å². The van der Waals surface area contributed by atoms with E-state index < -0.39 is 41.5 Å². The second-order valence-corrected chi connectivity index (χ2v) is 9.84. The summed E-state index contributed by atoms with van der Waals surface area (Å²) in [4.78, 5) is 37.6. The molecule has 1 saturated carbocycles. The molecule has 8 heteroatoms. The van der Waals surface area contributed by atoms with Gasteiger partial charge in [-0.3, -0.25) is 14.9 Å². The molecule has 1 spiro atoms. The predicted octanol–water partition coefficient (Wildman–Crippen LogP) is 2.98. The number of carbonyl (C=O) groups excluding carboxylic acids is 2. The van der Waals surface area contributed by atoms with Gasteiger partial charge in [0.05, 0.1) is 17.9 Å². The maximum atomic E-state index is 13.7. The lowest BCUT2D eigenvalue weighted by Gasteiger charge is -2.45. The lowest BCUT2D eigenvalue weighted by molar-refractivity contribution is -0.492. The van der Waals surface area contributed by atoms with E-state index in [1.165, 1.54) is 7.11 Å². The molecule has 2 aliphatic heterocycles. The minimum absolute atomic E-state index is 0.0194. The molecule has 4 bridgehead atoms. The van der Waals surface area contributed by atoms with Gasteiger partial charge < -0.3 is 14.2 Å². The van der Waals surface area contributed by atoms with E-state index in [9.17, 15) is 19.7 Å². The van der Waals surface area contributed by atoms with Gasteiger partial charge in [0.1, 0.15) is 17.5 Å². The summed E-state index contributed by atoms with van der Waals surface area (Å²) < 4.78 is 18.1. The second-order valence-electron chi connectivity index (χ2n) is 9.84. The average molecular weight is 448 g/mol. The topological polar surface area (TPSA) is 105 Å². The third-order valence-corrected chi connectivity index (χ3v) is 8.25. The Balaban J connectivity index is 1.85. The highest BCUT2D eigenvalue weighted by Gasteiger charge is 2.68. The number of methoxy groups -OCH3 is 1. The van der Waals surface area contributed by atoms with Gasteiger partial charge in [-0.2, -0.15) is 0 Å². The van der Waals surface area contributed by atoms with Crippen LogP contribution < -0.4 is 0 Å². The molecule has 1 unspecified atom stereocenters. The van der Waals surface area contributed by atoms with Crippen molar-refractivity contribution in [3.63, 3.8) is 0 Å². The second kappa shape index (κ2) is 8.37. The monoisotopic (exact) mass is 447 g/mol. The largest absolute Gasteiger partial charge is 0.460 e. The quantitative estimate of drug-likeness (QED) is 0.282. The van der Waals surface area contributed by atoms with E-state index in [1.807, 2.05) is 32.9 Å². The SMILES string of the molecule is CC[C@H]1OC(=O)[C@@H](OC)C[C@H]2C=C[C@H]3[C@H]4O[C@]2(/C(C)=C\[C@H]1C)[C@@H]3C(=O)C(C)[C@H]4C[N+](=O)[O-]. The Labute approximate surface area is 188 Å². The van der Waals surface area contributed by atoms with Gasteiger partial charge in [-0.15, -0.1) is 0 Å². The summed E-state index contributed by atoms with van der Waals surface area (Å²) in [5, 5.41) is 11.4. The minimum atomic E-state index is -0.929. The highest BCUT2D eigenvalue weighted by atomic mass is 16.6. The summed E-state index contributed by atoms with van der Waals surface area (Å²) in [6, 6.07) is 0. The van der Waals surface area contributed by atoms with Gasteiger partial charge in [0.15, 0.2) is 6.10 Å². The number of hydrogen-bond acceptors (Lipinski definition) is 7. The molecule has 1 saturated heterocycles. The lowest BCUT2D eigenvalue weighted by atomic mass is 9.56. The van der Waals surface area contributed by atoms with Crippen LogP contribution in [0, 0.1) is 45.6 Å². The number of rotatable bonds is 4. The summed E-state index contributed by atoms with van der Waals surface area (Å²) in [7, 11) is 1.49. The molecule has 0 aromatic heterocycles. The van der Waals surface area contributed by atoms with E-state index >= 15 is 0 Å². The van der Waals surface area contributed by atoms with Crippen molar-refractivity contribution in [2.75, 3.05) is 13.7 Å². The van der Waals surface area contributed by atoms with Gasteiger partial charge in [-0.05, 0) is 25.3 Å². The molecule has 0 aromatic rings. The Morgan fingerprint density at radius 2 is 2.00 bits per heavy atom. The molecule has 0 aromatic carbocycles. The van der Waals surface area contributed by atoms with Crippen molar-refractivity contribution < 1.29 is 28.7 Å². The van der Waals surface area contributed by atoms with Crippen LogP contribution in [0.15, 0.2) is 23.8 Å². The Bertz CT molecular complexity index is 866. The smallest absolute Gasteiger partial charge is 0.335 e. The maximum Gasteiger partial charge on any atom is 0.335 e. The number of nitro groups is 1. The van der Waals surface area contributed by atoms with Crippen molar-refractivity contribution in [1.82, 2.24) is 0 Å². The predicted molar refractivity (Wildman–Crippen MR) is 115 cm³/mol. The highest BCUT2D eigenvalue weighted by Crippen LogP contribution is 2.60. The molecule has 176 valence electrons. The Hall–Kier alpha value is -2.06. The van der Waals surface area contributed by atoms with Crippen LogP contribution in [0.4, 0.5) is 0 Å². The Morgan fingerprint density at radius 3 is 2.62 bits per heavy atom. The fourth-order valence-electron chi connectivity index (χ4n) is 6.61. The molecule has 32 heavy (non-hydrogen) atoms. The Morgan fingerprint density at radius 1 is 1.28 bits per heavy atom. The van der Waals surface area contributed by atoms with Crippen molar-refractivity contribution in [2.24, 2.45) is 35.5 Å². The summed E-state index contributed by atoms with van der Waals surface area (Å²) >= 11 is 0. The first kappa shape index (κ1) is 23.1. The summed E-state index contributed by atoms with van der Waals surface area (Å²) in [6.07, 6.45) is 5.55. The van der Waals surface area contributed by atoms with Crippen molar-refractivity contribution in [1.29, 1.82) is 0 Å². The van der Waals surface area contributed by atoms with Crippen LogP contribution in [0.25, 0.3) is 0 Å². The molecule has 0 amide bonds. The van der Waals surface area contributed by atoms with E-state index in [0.717, 1.165) is 5.57 Å². The molecule has 2 fully saturated rings. The third kappa shape index (κ3) is 3.34. The zero-order chi connectivity index (χ0) is 23.4. The van der Waals surface area contributed by atoms with Crippen LogP contribution in [-0.2, 0) is 23.8 Å². The van der Waals surface area contributed by atoms with Gasteiger partial charge in [-0.1, -0.05) is 39.0 Å². The molecule has 0 N–H and O–H groups in total. The number of carbonyl (C=O) groups is 2. The van der Waals surface area contributed by atoms with Crippen molar-refractivity contribution in [2.45, 2.75) is 64.4 Å². The van der Waals surface area contributed by atoms with Gasteiger partial charge in [-0.25, -0.2) is 4.79 Å². The van der Waals surface area contributed by atoms with Gasteiger partial charge in [0.25, 0.3) is 0 Å². The van der Waals surface area contributed by atoms with Crippen LogP contribution in [0.2, 0.25) is 0 Å². The first-order valence-electron chi connectivity index (χ1n) is 11.6. The van der Waals surface area contributed by atoms with Crippen molar-refractivity contribution in [3.05, 3.63) is 33.9 Å². The van der Waals surface area contributed by atoms with E-state index in [4.69, 9.17) is 14.2 Å². The number of Topliss-reactive ketones (excluding diaryl/α,β-unsaturated/α-hetero) is 1. The van der Waals surface area contributed by atoms with Crippen molar-refractivity contribution in [3.8, 4) is 0 Å². The van der Waals surface area contributed by atoms with Crippen molar-refractivity contribution >= 4 is 11.8 Å². The number of ether oxygens (including phenoxy) is 3. The van der Waals surface area contributed by atoms with E-state index in [1.54, 1.807) is 6.92 Å². The first-order chi connectivity index (χ1) is 15.1. The Kier molecular flexibility index (Phi) is 6.05. The molecule has 2 heterocycles. The molecule has 2 aliphatic carbocycles. The van der Waals surface area contributed by atoms with Gasteiger partial charge in [0, 0.05) is 35.7 Å². The number of ketones is 1. The minimum Gasteiger partial charge on any atom is -0.460 e. The number of cyclic esters (lactones) is 1. The molecule has 8 nitrogen and oxygen atoms in total. The first-order valence-corrected chi connectivity index (χ1v) is 11.6. The summed E-state index contributed by atoms with van der Waals surface area (Å²) in [6.45, 7) is 7.45. The summed E-state index contributed by atoms with van der Waals surface area (Å²) in [5.74, 6) is -2.29. The number of nitrogens with zero attached hydrogens (tertiary/aromatic N) is 1. The molecule has 4 aliphatic rings. The molecule has 0 radical (unpaired) electrons. The fraction of sp³-hybridized carbons (Fsp3) is 0.750. The van der Waals surface area contributed by atoms with Crippen LogP contribution in [0.3, 0.4) is 0 Å². The third-order valence-electron chi connectivity index (χ3n) is 8.25. The van der Waals surface area contributed by atoms with E-state index in [2.05, 4.69) is 6.08 Å². The normalized spacial score (nSPS) is 47.3. The molecule has 10 atom stereocenters. The standard InChI is InChI=1S/C24H33NO7/c1-6-18-12(2)9-13(3)24-15(10-19(30-5)23(27)31-18)7-8-16-20(24)21(26)14(4)17(11-25(28)29)22(16)32-24/h7-9,12,14-20,22H,6,10-11H2,1-5H3/b13-9-/t12-,14?,15-,16-,17-,18-,19+,20+,22-,24+/m1/s1. The van der Waals surface area contributed by atoms with Crippen LogP contribution in [0.5, 0.6) is 0 Å². The zero-order valence-corrected chi connectivity index (χ0v) is 19.4. The maximum absolute atomic E-state index is 13.7. The number of hydrogen-bond donors (Lipinski definition) is 0. The molecular weight excluding hydrogens is 414 g/mol. The van der Waals surface area contributed by atoms with Gasteiger partial charge >= 0.3 is 5.97 Å². The van der Waals surface area contributed by atoms with Gasteiger partial charge in [0.2, 0.25) is 6.54 Å². The van der Waals surface area contributed by atoms with Crippen LogP contribution in [0.1, 0.15) is 40.5 Å². The molecule has 4 rings (SSSR count). The highest BCUT2D eigenvalue weighted by molar-refractivity contribution is 5.88. The zero-order valence-electron chi connectivity index (χ0n) is 19.4. The number of esters is 1. The van der Waals surface area contributed by atoms with Crippen LogP contribution >= 0.6 is 0 Å². The van der Waals surface area contributed by atoms with E-state index in [-0.39, 0.29) is 41.1 Å². The van der Waals surface area contributed by atoms with E-state index in [0.29, 0.717) is 12.8 Å².